The average molecular weight is 470 g/mol. The maximum Gasteiger partial charge on any atom is 0.379 e. The van der Waals surface area contributed by atoms with Gasteiger partial charge in [0.05, 0.1) is 12.5 Å². The molecule has 2 N–H and O–H groups in total. The highest BCUT2D eigenvalue weighted by molar-refractivity contribution is 9.10. The van der Waals surface area contributed by atoms with Crippen molar-refractivity contribution >= 4 is 45.6 Å². The fourth-order valence-corrected chi connectivity index (χ4v) is 2.77. The van der Waals surface area contributed by atoms with Crippen LogP contribution in [0.5, 0.6) is 5.75 Å². The van der Waals surface area contributed by atoms with Gasteiger partial charge in [0.25, 0.3) is 5.91 Å². The highest BCUT2D eigenvalue weighted by Gasteiger charge is 2.14. The molecule has 0 bridgehead atoms. The Kier molecular flexibility index (Phi) is 6.76. The number of nitrogens with one attached hydrogen (secondary N) is 2. The van der Waals surface area contributed by atoms with Gasteiger partial charge in [0.15, 0.2) is 0 Å². The number of hydrazone groups is 1. The van der Waals surface area contributed by atoms with Crippen LogP contribution in [0.25, 0.3) is 0 Å². The van der Waals surface area contributed by atoms with E-state index in [1.807, 2.05) is 0 Å². The molecular weight excluding hydrogens is 454 g/mol. The molecule has 0 saturated carbocycles. The molecule has 0 atom stereocenters. The summed E-state index contributed by atoms with van der Waals surface area (Å²) >= 11 is 3.34. The van der Waals surface area contributed by atoms with Gasteiger partial charge in [0.2, 0.25) is 11.7 Å². The van der Waals surface area contributed by atoms with Crippen LogP contribution in [0.3, 0.4) is 0 Å². The molecule has 0 spiro atoms. The average Bonchev–Trinajstić information content (AvgIpc) is 3.25. The summed E-state index contributed by atoms with van der Waals surface area (Å²) in [6, 6.07) is 14.4. The number of benzene rings is 2. The second-order valence-electron chi connectivity index (χ2n) is 6.01. The van der Waals surface area contributed by atoms with Crippen LogP contribution in [0, 0.1) is 0 Å². The zero-order valence-electron chi connectivity index (χ0n) is 15.7. The number of anilines is 1. The normalized spacial score (nSPS) is 10.6. The number of hydrogen-bond donors (Lipinski definition) is 2. The number of hydrogen-bond acceptors (Lipinski definition) is 6. The predicted molar refractivity (Wildman–Crippen MR) is 114 cm³/mol. The van der Waals surface area contributed by atoms with E-state index in [1.54, 1.807) is 48.5 Å². The summed E-state index contributed by atoms with van der Waals surface area (Å²) in [5.74, 6) is -0.978. The third-order valence-electron chi connectivity index (χ3n) is 3.73. The zero-order valence-corrected chi connectivity index (χ0v) is 17.3. The highest BCUT2D eigenvalue weighted by Crippen LogP contribution is 2.23. The van der Waals surface area contributed by atoms with E-state index in [9.17, 15) is 14.4 Å². The predicted octanol–water partition coefficient (Wildman–Crippen LogP) is 3.98. The second-order valence-corrected chi connectivity index (χ2v) is 6.92. The van der Waals surface area contributed by atoms with E-state index in [-0.39, 0.29) is 17.4 Å². The fraction of sp³-hybridized carbons (Fsp3) is 0.0476. The van der Waals surface area contributed by atoms with Gasteiger partial charge < -0.3 is 14.5 Å². The molecule has 2 aromatic carbocycles. The van der Waals surface area contributed by atoms with Gasteiger partial charge in [-0.25, -0.2) is 10.2 Å². The molecule has 30 heavy (non-hydrogen) atoms. The highest BCUT2D eigenvalue weighted by atomic mass is 79.9. The first-order chi connectivity index (χ1) is 14.4. The van der Waals surface area contributed by atoms with Crippen LogP contribution >= 0.6 is 15.9 Å². The molecule has 8 nitrogen and oxygen atoms in total. The van der Waals surface area contributed by atoms with Crippen molar-refractivity contribution in [2.24, 2.45) is 5.10 Å². The van der Waals surface area contributed by atoms with Gasteiger partial charge in [-0.2, -0.15) is 5.10 Å². The molecule has 152 valence electrons. The van der Waals surface area contributed by atoms with Crippen molar-refractivity contribution in [2.45, 2.75) is 6.92 Å². The fourth-order valence-electron chi connectivity index (χ4n) is 2.39. The molecule has 0 aliphatic heterocycles. The first-order valence-corrected chi connectivity index (χ1v) is 9.48. The summed E-state index contributed by atoms with van der Waals surface area (Å²) in [6.07, 6.45) is 2.73. The maximum absolute atomic E-state index is 12.2. The standard InChI is InChI=1S/C21H16BrN3O5/c1-13(26)24-17-7-4-14(5-8-17)20(27)25-23-12-15-11-16(22)6-9-18(15)30-21(28)19-3-2-10-29-19/h2-12H,1H3,(H,24,26)(H,25,27)/b23-12+. The molecule has 3 aromatic rings. The number of carbonyl (C=O) groups excluding carboxylic acids is 3. The molecule has 1 aromatic heterocycles. The molecule has 9 heteroatoms. The van der Waals surface area contributed by atoms with Gasteiger partial charge in [-0.05, 0) is 54.6 Å². The van der Waals surface area contributed by atoms with E-state index in [0.29, 0.717) is 16.8 Å². The lowest BCUT2D eigenvalue weighted by Gasteiger charge is -2.07. The molecule has 0 radical (unpaired) electrons. The number of amides is 2. The lowest BCUT2D eigenvalue weighted by molar-refractivity contribution is -0.114. The summed E-state index contributed by atoms with van der Waals surface area (Å²) in [4.78, 5) is 35.4. The second kappa shape index (κ2) is 9.66. The van der Waals surface area contributed by atoms with E-state index < -0.39 is 11.9 Å². The lowest BCUT2D eigenvalue weighted by Crippen LogP contribution is -2.18. The van der Waals surface area contributed by atoms with Crippen LogP contribution in [-0.2, 0) is 4.79 Å². The number of carbonyl (C=O) groups is 3. The minimum Gasteiger partial charge on any atom is -0.457 e. The molecule has 1 heterocycles. The van der Waals surface area contributed by atoms with Crippen LogP contribution in [0.2, 0.25) is 0 Å². The lowest BCUT2D eigenvalue weighted by atomic mass is 10.2. The van der Waals surface area contributed by atoms with Crippen LogP contribution in [0.4, 0.5) is 5.69 Å². The van der Waals surface area contributed by atoms with Crippen molar-refractivity contribution in [1.29, 1.82) is 0 Å². The van der Waals surface area contributed by atoms with Crippen molar-refractivity contribution < 1.29 is 23.5 Å². The number of rotatable bonds is 6. The molecule has 0 fully saturated rings. The first-order valence-electron chi connectivity index (χ1n) is 8.68. The Labute approximate surface area is 180 Å². The summed E-state index contributed by atoms with van der Waals surface area (Å²) < 4.78 is 11.1. The number of esters is 1. The van der Waals surface area contributed by atoms with Gasteiger partial charge in [-0.1, -0.05) is 15.9 Å². The number of ether oxygens (including phenoxy) is 1. The van der Waals surface area contributed by atoms with E-state index in [0.717, 1.165) is 4.47 Å². The molecule has 0 aliphatic carbocycles. The third-order valence-corrected chi connectivity index (χ3v) is 4.23. The summed E-state index contributed by atoms with van der Waals surface area (Å²) in [6.45, 7) is 1.40. The van der Waals surface area contributed by atoms with Crippen molar-refractivity contribution in [2.75, 3.05) is 5.32 Å². The van der Waals surface area contributed by atoms with Crippen LogP contribution < -0.4 is 15.5 Å². The van der Waals surface area contributed by atoms with E-state index in [2.05, 4.69) is 31.8 Å². The summed E-state index contributed by atoms with van der Waals surface area (Å²) in [5, 5.41) is 6.55. The number of nitrogens with zero attached hydrogens (tertiary/aromatic N) is 1. The van der Waals surface area contributed by atoms with E-state index in [1.165, 1.54) is 25.5 Å². The first kappa shape index (κ1) is 21.0. The molecule has 0 unspecified atom stereocenters. The van der Waals surface area contributed by atoms with Gasteiger partial charge in [0.1, 0.15) is 5.75 Å². The van der Waals surface area contributed by atoms with Crippen LogP contribution in [-0.4, -0.2) is 24.0 Å². The Morgan fingerprint density at radius 1 is 1.10 bits per heavy atom. The van der Waals surface area contributed by atoms with Gasteiger partial charge in [0, 0.05) is 28.2 Å². The minimum atomic E-state index is -0.653. The van der Waals surface area contributed by atoms with Crippen molar-refractivity contribution in [3.05, 3.63) is 82.2 Å². The van der Waals surface area contributed by atoms with Crippen LogP contribution in [0.1, 0.15) is 33.4 Å². The summed E-state index contributed by atoms with van der Waals surface area (Å²) in [5.41, 5.74) is 3.81. The Morgan fingerprint density at radius 2 is 1.87 bits per heavy atom. The Morgan fingerprint density at radius 3 is 2.53 bits per heavy atom. The number of halogens is 1. The molecular formula is C21H16BrN3O5. The quantitative estimate of drug-likeness (QED) is 0.245. The zero-order chi connectivity index (χ0) is 21.5. The molecule has 0 saturated heterocycles. The maximum atomic E-state index is 12.2. The monoisotopic (exact) mass is 469 g/mol. The Balaban J connectivity index is 1.68. The summed E-state index contributed by atoms with van der Waals surface area (Å²) in [7, 11) is 0. The smallest absolute Gasteiger partial charge is 0.379 e. The van der Waals surface area contributed by atoms with Gasteiger partial charge in [-0.3, -0.25) is 9.59 Å². The Bertz CT molecular complexity index is 1090. The van der Waals surface area contributed by atoms with Crippen molar-refractivity contribution in [3.63, 3.8) is 0 Å². The number of furan rings is 1. The topological polar surface area (TPSA) is 110 Å². The van der Waals surface area contributed by atoms with E-state index in [4.69, 9.17) is 9.15 Å². The minimum absolute atomic E-state index is 0.0665. The molecule has 0 aliphatic rings. The van der Waals surface area contributed by atoms with E-state index >= 15 is 0 Å². The van der Waals surface area contributed by atoms with Crippen molar-refractivity contribution in [1.82, 2.24) is 5.43 Å². The Hall–Kier alpha value is -3.72. The van der Waals surface area contributed by atoms with Crippen molar-refractivity contribution in [3.8, 4) is 5.75 Å². The van der Waals surface area contributed by atoms with Gasteiger partial charge >= 0.3 is 5.97 Å². The SMILES string of the molecule is CC(=O)Nc1ccc(C(=O)N/N=C/c2cc(Br)ccc2OC(=O)c2ccco2)cc1. The third kappa shape index (κ3) is 5.65. The van der Waals surface area contributed by atoms with Crippen LogP contribution in [0.15, 0.2) is 74.9 Å². The molecule has 2 amide bonds. The molecule has 3 rings (SSSR count). The largest absolute Gasteiger partial charge is 0.457 e. The van der Waals surface area contributed by atoms with Gasteiger partial charge in [-0.15, -0.1) is 0 Å².